The topological polar surface area (TPSA) is 111 Å². The zero-order valence-electron chi connectivity index (χ0n) is 20.4. The second-order valence-corrected chi connectivity index (χ2v) is 8.56. The van der Waals surface area contributed by atoms with Crippen LogP contribution in [0.2, 0.25) is 0 Å². The Labute approximate surface area is 214 Å². The van der Waals surface area contributed by atoms with Crippen molar-refractivity contribution in [2.45, 2.75) is 19.8 Å². The summed E-state index contributed by atoms with van der Waals surface area (Å²) < 4.78 is 11.3. The van der Waals surface area contributed by atoms with Crippen molar-refractivity contribution < 1.29 is 24.0 Å². The lowest BCUT2D eigenvalue weighted by molar-refractivity contribution is -0.384. The van der Waals surface area contributed by atoms with Crippen LogP contribution in [0.3, 0.4) is 0 Å². The third kappa shape index (κ3) is 6.94. The van der Waals surface area contributed by atoms with Crippen molar-refractivity contribution in [3.8, 4) is 11.5 Å². The molecule has 0 aliphatic carbocycles. The second kappa shape index (κ2) is 11.9. The molecule has 9 heteroatoms. The van der Waals surface area contributed by atoms with Crippen LogP contribution in [-0.4, -0.2) is 36.5 Å². The first-order chi connectivity index (χ1) is 17.9. The zero-order valence-corrected chi connectivity index (χ0v) is 20.4. The summed E-state index contributed by atoms with van der Waals surface area (Å²) in [5.41, 5.74) is 2.93. The molecule has 1 heterocycles. The minimum Gasteiger partial charge on any atom is -0.494 e. The van der Waals surface area contributed by atoms with Gasteiger partial charge in [-0.3, -0.25) is 19.7 Å². The Kier molecular flexibility index (Phi) is 8.15. The highest BCUT2D eigenvalue weighted by molar-refractivity contribution is 6.03. The molecule has 37 heavy (non-hydrogen) atoms. The first-order valence-corrected chi connectivity index (χ1v) is 11.9. The molecule has 0 atom stereocenters. The van der Waals surface area contributed by atoms with Crippen LogP contribution in [0.15, 0.2) is 72.8 Å². The molecule has 2 amide bonds. The number of nitrogens with zero attached hydrogens (tertiary/aromatic N) is 2. The van der Waals surface area contributed by atoms with Gasteiger partial charge in [0, 0.05) is 30.4 Å². The van der Waals surface area contributed by atoms with Crippen LogP contribution < -0.4 is 19.7 Å². The minimum atomic E-state index is -0.479. The van der Waals surface area contributed by atoms with E-state index in [0.717, 1.165) is 18.6 Å². The number of fused-ring (bicyclic) bond motifs is 1. The third-order valence-corrected chi connectivity index (χ3v) is 5.77. The van der Waals surface area contributed by atoms with E-state index in [1.165, 1.54) is 23.8 Å². The molecular formula is C28H27N3O6. The average Bonchev–Trinajstić information content (AvgIpc) is 2.89. The van der Waals surface area contributed by atoms with E-state index >= 15 is 0 Å². The molecule has 0 saturated carbocycles. The molecule has 0 aromatic heterocycles. The second-order valence-electron chi connectivity index (χ2n) is 8.56. The highest BCUT2D eigenvalue weighted by Crippen LogP contribution is 2.34. The Bertz CT molecular complexity index is 1300. The number of nitro benzene ring substituents is 1. The molecule has 0 saturated heterocycles. The van der Waals surface area contributed by atoms with Gasteiger partial charge in [0.1, 0.15) is 11.5 Å². The average molecular weight is 502 g/mol. The fourth-order valence-electron chi connectivity index (χ4n) is 3.78. The van der Waals surface area contributed by atoms with Crippen molar-refractivity contribution in [3.63, 3.8) is 0 Å². The lowest BCUT2D eigenvalue weighted by Crippen LogP contribution is -2.39. The quantitative estimate of drug-likeness (QED) is 0.178. The standard InChI is InChI=1S/C28H27N3O6/c1-20-4-12-24(13-5-20)36-17-3-2-16-30-25-18-22(9-14-26(25)37-19-28(30)33)29-27(32)15-8-21-6-10-23(11-7-21)31(34)35/h4-15,18H,2-3,16-17,19H2,1H3,(H,29,32)/b15-8+. The molecule has 0 bridgehead atoms. The van der Waals surface area contributed by atoms with Gasteiger partial charge >= 0.3 is 0 Å². The highest BCUT2D eigenvalue weighted by Gasteiger charge is 2.25. The number of aryl methyl sites for hydroxylation is 1. The van der Waals surface area contributed by atoms with Crippen LogP contribution >= 0.6 is 0 Å². The number of benzene rings is 3. The smallest absolute Gasteiger partial charge is 0.269 e. The van der Waals surface area contributed by atoms with Crippen LogP contribution in [0, 0.1) is 17.0 Å². The van der Waals surface area contributed by atoms with Crippen molar-refractivity contribution in [1.82, 2.24) is 0 Å². The molecule has 9 nitrogen and oxygen atoms in total. The van der Waals surface area contributed by atoms with E-state index in [9.17, 15) is 19.7 Å². The Morgan fingerprint density at radius 1 is 1.11 bits per heavy atom. The number of amides is 2. The van der Waals surface area contributed by atoms with Gasteiger partial charge in [-0.25, -0.2) is 0 Å². The Morgan fingerprint density at radius 3 is 2.59 bits per heavy atom. The van der Waals surface area contributed by atoms with Crippen molar-refractivity contribution >= 4 is 35.0 Å². The van der Waals surface area contributed by atoms with Gasteiger partial charge in [0.15, 0.2) is 6.61 Å². The van der Waals surface area contributed by atoms with E-state index in [2.05, 4.69) is 5.32 Å². The number of hydrogen-bond acceptors (Lipinski definition) is 6. The van der Waals surface area contributed by atoms with Crippen LogP contribution in [0.5, 0.6) is 11.5 Å². The predicted molar refractivity (Wildman–Crippen MR) is 141 cm³/mol. The van der Waals surface area contributed by atoms with Crippen LogP contribution in [0.25, 0.3) is 6.08 Å². The summed E-state index contributed by atoms with van der Waals surface area (Å²) >= 11 is 0. The van der Waals surface area contributed by atoms with E-state index in [0.29, 0.717) is 35.8 Å². The SMILES string of the molecule is Cc1ccc(OCCCCN2C(=O)COc3ccc(NC(=O)/C=C/c4ccc([N+](=O)[O-])cc4)cc32)cc1. The maximum atomic E-state index is 12.6. The number of unbranched alkanes of at least 4 members (excludes halogenated alkanes) is 1. The molecule has 0 fully saturated rings. The van der Waals surface area contributed by atoms with Gasteiger partial charge < -0.3 is 19.7 Å². The molecule has 190 valence electrons. The first kappa shape index (κ1) is 25.4. The van der Waals surface area contributed by atoms with Gasteiger partial charge in [-0.2, -0.15) is 0 Å². The first-order valence-electron chi connectivity index (χ1n) is 11.9. The highest BCUT2D eigenvalue weighted by atomic mass is 16.6. The Morgan fingerprint density at radius 2 is 1.86 bits per heavy atom. The number of ether oxygens (including phenoxy) is 2. The summed E-state index contributed by atoms with van der Waals surface area (Å²) in [6.45, 7) is 3.04. The number of nitrogens with one attached hydrogen (secondary N) is 1. The molecule has 4 rings (SSSR count). The van der Waals surface area contributed by atoms with Gasteiger partial charge in [-0.15, -0.1) is 0 Å². The van der Waals surface area contributed by atoms with Gasteiger partial charge in [0.25, 0.3) is 11.6 Å². The molecule has 0 radical (unpaired) electrons. The lowest BCUT2D eigenvalue weighted by Gasteiger charge is -2.30. The van der Waals surface area contributed by atoms with Crippen molar-refractivity contribution in [1.29, 1.82) is 0 Å². The van der Waals surface area contributed by atoms with Crippen LogP contribution in [0.4, 0.5) is 17.1 Å². The number of rotatable bonds is 10. The van der Waals surface area contributed by atoms with E-state index in [1.807, 2.05) is 31.2 Å². The third-order valence-electron chi connectivity index (χ3n) is 5.77. The number of carbonyl (C=O) groups is 2. The van der Waals surface area contributed by atoms with Crippen LogP contribution in [-0.2, 0) is 9.59 Å². The van der Waals surface area contributed by atoms with E-state index < -0.39 is 4.92 Å². The monoisotopic (exact) mass is 501 g/mol. The molecule has 1 aliphatic heterocycles. The van der Waals surface area contributed by atoms with Crippen molar-refractivity contribution in [2.24, 2.45) is 0 Å². The fraction of sp³-hybridized carbons (Fsp3) is 0.214. The van der Waals surface area contributed by atoms with Crippen molar-refractivity contribution in [2.75, 3.05) is 30.0 Å². The van der Waals surface area contributed by atoms with E-state index in [1.54, 1.807) is 41.3 Å². The fourth-order valence-corrected chi connectivity index (χ4v) is 3.78. The Balaban J connectivity index is 1.33. The van der Waals surface area contributed by atoms with Gasteiger partial charge in [-0.1, -0.05) is 17.7 Å². The molecule has 0 spiro atoms. The van der Waals surface area contributed by atoms with E-state index in [4.69, 9.17) is 9.47 Å². The van der Waals surface area contributed by atoms with Gasteiger partial charge in [0.2, 0.25) is 5.91 Å². The van der Waals surface area contributed by atoms with Gasteiger partial charge in [-0.05, 0) is 73.9 Å². The number of carbonyl (C=O) groups excluding carboxylic acids is 2. The summed E-state index contributed by atoms with van der Waals surface area (Å²) in [7, 11) is 0. The number of anilines is 2. The number of hydrogen-bond donors (Lipinski definition) is 1. The minimum absolute atomic E-state index is 0.0178. The molecule has 3 aromatic rings. The van der Waals surface area contributed by atoms with E-state index in [-0.39, 0.29) is 24.1 Å². The largest absolute Gasteiger partial charge is 0.494 e. The lowest BCUT2D eigenvalue weighted by atomic mass is 10.1. The van der Waals surface area contributed by atoms with Gasteiger partial charge in [0.05, 0.1) is 17.2 Å². The zero-order chi connectivity index (χ0) is 26.2. The summed E-state index contributed by atoms with van der Waals surface area (Å²) in [6, 6.07) is 18.9. The molecule has 1 aliphatic rings. The summed E-state index contributed by atoms with van der Waals surface area (Å²) in [5.74, 6) is 0.881. The molecule has 3 aromatic carbocycles. The molecular weight excluding hydrogens is 474 g/mol. The maximum absolute atomic E-state index is 12.6. The molecule has 1 N–H and O–H groups in total. The van der Waals surface area contributed by atoms with Crippen LogP contribution in [0.1, 0.15) is 24.0 Å². The van der Waals surface area contributed by atoms with Crippen molar-refractivity contribution in [3.05, 3.63) is 94.0 Å². The number of nitro groups is 1. The Hall–Kier alpha value is -4.66. The maximum Gasteiger partial charge on any atom is 0.269 e. The predicted octanol–water partition coefficient (Wildman–Crippen LogP) is 5.14. The summed E-state index contributed by atoms with van der Waals surface area (Å²) in [4.78, 5) is 36.9. The summed E-state index contributed by atoms with van der Waals surface area (Å²) in [5, 5.41) is 13.5. The normalized spacial score (nSPS) is 12.7. The summed E-state index contributed by atoms with van der Waals surface area (Å²) in [6.07, 6.45) is 4.42. The molecule has 0 unspecified atom stereocenters. The number of non-ortho nitro benzene ring substituents is 1.